The van der Waals surface area contributed by atoms with Crippen LogP contribution >= 0.6 is 0 Å². The molecule has 0 unspecified atom stereocenters. The van der Waals surface area contributed by atoms with Crippen molar-refractivity contribution < 1.29 is 9.59 Å². The second-order valence-electron chi connectivity index (χ2n) is 4.38. The maximum Gasteiger partial charge on any atom is 0.251 e. The third-order valence-electron chi connectivity index (χ3n) is 3.13. The summed E-state index contributed by atoms with van der Waals surface area (Å²) in [6, 6.07) is 11.0. The van der Waals surface area contributed by atoms with Gasteiger partial charge in [0.25, 0.3) is 5.91 Å². The van der Waals surface area contributed by atoms with Gasteiger partial charge in [-0.05, 0) is 29.8 Å². The predicted molar refractivity (Wildman–Crippen MR) is 74.2 cm³/mol. The lowest BCUT2D eigenvalue weighted by Gasteiger charge is -2.07. The number of benzene rings is 1. The third kappa shape index (κ3) is 2.42. The molecule has 1 heterocycles. The van der Waals surface area contributed by atoms with Gasteiger partial charge in [-0.3, -0.25) is 9.59 Å². The number of nitrogens with zero attached hydrogens (tertiary/aromatic N) is 1. The van der Waals surface area contributed by atoms with Gasteiger partial charge >= 0.3 is 0 Å². The topological polar surface area (TPSA) is 51.1 Å². The Morgan fingerprint density at radius 2 is 1.89 bits per heavy atom. The average molecular weight is 256 g/mol. The van der Waals surface area contributed by atoms with Crippen molar-refractivity contribution in [3.05, 3.63) is 47.7 Å². The van der Waals surface area contributed by atoms with Crippen molar-refractivity contribution in [3.63, 3.8) is 0 Å². The Kier molecular flexibility index (Phi) is 3.51. The molecule has 0 aliphatic carbocycles. The van der Waals surface area contributed by atoms with E-state index < -0.39 is 0 Å². The van der Waals surface area contributed by atoms with Crippen molar-refractivity contribution >= 4 is 11.7 Å². The number of amides is 1. The average Bonchev–Trinajstić information content (AvgIpc) is 2.80. The lowest BCUT2D eigenvalue weighted by molar-refractivity contribution is 0.0961. The van der Waals surface area contributed by atoms with Crippen LogP contribution in [0.25, 0.3) is 11.3 Å². The standard InChI is InChI=1S/C15H16N2O2/c1-10(18)13-7-8-14(17(13)3)11-5-4-6-12(9-11)15(19)16-2/h4-9H,1-3H3,(H,16,19). The Balaban J connectivity index is 2.48. The molecule has 1 amide bonds. The van der Waals surface area contributed by atoms with Crippen molar-refractivity contribution in [2.24, 2.45) is 7.05 Å². The van der Waals surface area contributed by atoms with Crippen molar-refractivity contribution in [1.82, 2.24) is 9.88 Å². The Labute approximate surface area is 112 Å². The van der Waals surface area contributed by atoms with Gasteiger partial charge in [-0.15, -0.1) is 0 Å². The van der Waals surface area contributed by atoms with Gasteiger partial charge in [0.2, 0.25) is 0 Å². The molecule has 0 saturated carbocycles. The molecular formula is C15H16N2O2. The van der Waals surface area contributed by atoms with E-state index >= 15 is 0 Å². The highest BCUT2D eigenvalue weighted by Crippen LogP contribution is 2.22. The van der Waals surface area contributed by atoms with E-state index in [2.05, 4.69) is 5.32 Å². The Hall–Kier alpha value is -2.36. The van der Waals surface area contributed by atoms with Crippen molar-refractivity contribution in [2.75, 3.05) is 7.05 Å². The molecule has 1 aromatic heterocycles. The maximum atomic E-state index is 11.6. The summed E-state index contributed by atoms with van der Waals surface area (Å²) < 4.78 is 1.84. The van der Waals surface area contributed by atoms with Crippen molar-refractivity contribution in [3.8, 4) is 11.3 Å². The number of hydrogen-bond acceptors (Lipinski definition) is 2. The second kappa shape index (κ2) is 5.10. The fourth-order valence-corrected chi connectivity index (χ4v) is 2.12. The molecule has 0 aliphatic rings. The third-order valence-corrected chi connectivity index (χ3v) is 3.13. The summed E-state index contributed by atoms with van der Waals surface area (Å²) in [6.07, 6.45) is 0. The summed E-state index contributed by atoms with van der Waals surface area (Å²) in [4.78, 5) is 23.1. The van der Waals surface area contributed by atoms with E-state index in [0.717, 1.165) is 11.3 Å². The molecule has 0 aliphatic heterocycles. The van der Waals surface area contributed by atoms with Gasteiger partial charge in [0, 0.05) is 32.3 Å². The minimum atomic E-state index is -0.122. The Bertz CT molecular complexity index is 641. The SMILES string of the molecule is CNC(=O)c1cccc(-c2ccc(C(C)=O)n2C)c1. The summed E-state index contributed by atoms with van der Waals surface area (Å²) >= 11 is 0. The number of ketones is 1. The van der Waals surface area contributed by atoms with E-state index in [1.165, 1.54) is 0 Å². The van der Waals surface area contributed by atoms with E-state index in [9.17, 15) is 9.59 Å². The number of rotatable bonds is 3. The first-order chi connectivity index (χ1) is 9.04. The molecule has 1 N–H and O–H groups in total. The minimum absolute atomic E-state index is 0.0243. The lowest BCUT2D eigenvalue weighted by Crippen LogP contribution is -2.17. The maximum absolute atomic E-state index is 11.6. The molecule has 2 rings (SSSR count). The van der Waals surface area contributed by atoms with Crippen LogP contribution in [0.3, 0.4) is 0 Å². The van der Waals surface area contributed by atoms with Crippen LogP contribution < -0.4 is 5.32 Å². The van der Waals surface area contributed by atoms with Gasteiger partial charge in [-0.2, -0.15) is 0 Å². The van der Waals surface area contributed by atoms with Crippen LogP contribution in [0.4, 0.5) is 0 Å². The second-order valence-corrected chi connectivity index (χ2v) is 4.38. The van der Waals surface area contributed by atoms with E-state index in [0.29, 0.717) is 11.3 Å². The van der Waals surface area contributed by atoms with Gasteiger partial charge in [0.05, 0.1) is 5.69 Å². The molecule has 0 saturated heterocycles. The molecule has 1 aromatic carbocycles. The fourth-order valence-electron chi connectivity index (χ4n) is 2.12. The summed E-state index contributed by atoms with van der Waals surface area (Å²) in [5.74, 6) is -0.0981. The van der Waals surface area contributed by atoms with Gasteiger partial charge in [-0.25, -0.2) is 0 Å². The highest BCUT2D eigenvalue weighted by Gasteiger charge is 2.11. The van der Waals surface area contributed by atoms with E-state index in [4.69, 9.17) is 0 Å². The summed E-state index contributed by atoms with van der Waals surface area (Å²) in [7, 11) is 3.45. The number of aromatic nitrogens is 1. The highest BCUT2D eigenvalue weighted by atomic mass is 16.1. The highest BCUT2D eigenvalue weighted by molar-refractivity contribution is 5.96. The molecule has 0 atom stereocenters. The fraction of sp³-hybridized carbons (Fsp3) is 0.200. The minimum Gasteiger partial charge on any atom is -0.355 e. The van der Waals surface area contributed by atoms with E-state index in [1.54, 1.807) is 26.1 Å². The molecule has 98 valence electrons. The number of Topliss-reactive ketones (excluding diaryl/α,β-unsaturated/α-hetero) is 1. The molecule has 4 heteroatoms. The summed E-state index contributed by atoms with van der Waals surface area (Å²) in [6.45, 7) is 1.54. The smallest absolute Gasteiger partial charge is 0.251 e. The zero-order valence-corrected chi connectivity index (χ0v) is 11.2. The quantitative estimate of drug-likeness (QED) is 0.856. The Morgan fingerprint density at radius 3 is 2.47 bits per heavy atom. The Morgan fingerprint density at radius 1 is 1.16 bits per heavy atom. The van der Waals surface area contributed by atoms with Gasteiger partial charge in [0.15, 0.2) is 5.78 Å². The number of nitrogens with one attached hydrogen (secondary N) is 1. The number of carbonyl (C=O) groups excluding carboxylic acids is 2. The molecule has 0 bridgehead atoms. The predicted octanol–water partition coefficient (Wildman–Crippen LogP) is 2.25. The molecular weight excluding hydrogens is 240 g/mol. The van der Waals surface area contributed by atoms with Crippen molar-refractivity contribution in [2.45, 2.75) is 6.92 Å². The molecule has 2 aromatic rings. The summed E-state index contributed by atoms with van der Waals surface area (Å²) in [5, 5.41) is 2.60. The largest absolute Gasteiger partial charge is 0.355 e. The van der Waals surface area contributed by atoms with Crippen LogP contribution in [-0.4, -0.2) is 23.3 Å². The van der Waals surface area contributed by atoms with Crippen LogP contribution in [0.2, 0.25) is 0 Å². The zero-order chi connectivity index (χ0) is 14.0. The van der Waals surface area contributed by atoms with Gasteiger partial charge in [0.1, 0.15) is 0 Å². The van der Waals surface area contributed by atoms with E-state index in [1.807, 2.05) is 35.9 Å². The lowest BCUT2D eigenvalue weighted by atomic mass is 10.1. The first-order valence-corrected chi connectivity index (χ1v) is 6.03. The first kappa shape index (κ1) is 13.1. The summed E-state index contributed by atoms with van der Waals surface area (Å²) in [5.41, 5.74) is 3.08. The van der Waals surface area contributed by atoms with Crippen LogP contribution in [0.1, 0.15) is 27.8 Å². The molecule has 4 nitrogen and oxygen atoms in total. The number of carbonyl (C=O) groups is 2. The van der Waals surface area contributed by atoms with Crippen LogP contribution in [0, 0.1) is 0 Å². The number of hydrogen-bond donors (Lipinski definition) is 1. The van der Waals surface area contributed by atoms with Gasteiger partial charge in [-0.1, -0.05) is 12.1 Å². The monoisotopic (exact) mass is 256 g/mol. The first-order valence-electron chi connectivity index (χ1n) is 6.03. The van der Waals surface area contributed by atoms with Crippen LogP contribution in [0.15, 0.2) is 36.4 Å². The molecule has 0 fully saturated rings. The normalized spacial score (nSPS) is 10.3. The zero-order valence-electron chi connectivity index (χ0n) is 11.2. The van der Waals surface area contributed by atoms with E-state index in [-0.39, 0.29) is 11.7 Å². The van der Waals surface area contributed by atoms with Gasteiger partial charge < -0.3 is 9.88 Å². The molecule has 19 heavy (non-hydrogen) atoms. The molecule has 0 radical (unpaired) electrons. The van der Waals surface area contributed by atoms with Crippen LogP contribution in [0.5, 0.6) is 0 Å². The molecule has 0 spiro atoms. The van der Waals surface area contributed by atoms with Crippen molar-refractivity contribution in [1.29, 1.82) is 0 Å². The van der Waals surface area contributed by atoms with Crippen LogP contribution in [-0.2, 0) is 7.05 Å².